The lowest BCUT2D eigenvalue weighted by Crippen LogP contribution is -1.80. The number of hydrogen-bond donors (Lipinski definition) is 1. The highest BCUT2D eigenvalue weighted by molar-refractivity contribution is 5.77. The predicted octanol–water partition coefficient (Wildman–Crippen LogP) is 2.60. The number of pyridine rings is 1. The maximum atomic E-state index is 9.31. The summed E-state index contributed by atoms with van der Waals surface area (Å²) < 4.78 is 5.52. The summed E-state index contributed by atoms with van der Waals surface area (Å²) in [4.78, 5) is 8.40. The third kappa shape index (κ3) is 1.40. The molecule has 2 aromatic heterocycles. The third-order valence-corrected chi connectivity index (χ3v) is 2.26. The minimum atomic E-state index is 0.174. The highest BCUT2D eigenvalue weighted by Crippen LogP contribution is 2.24. The van der Waals surface area contributed by atoms with E-state index in [0.717, 1.165) is 0 Å². The van der Waals surface area contributed by atoms with Crippen molar-refractivity contribution in [1.82, 2.24) is 9.97 Å². The second-order valence-electron chi connectivity index (χ2n) is 3.39. The first-order valence-electron chi connectivity index (χ1n) is 4.84. The summed E-state index contributed by atoms with van der Waals surface area (Å²) in [6.07, 6.45) is 1.68. The van der Waals surface area contributed by atoms with Crippen LogP contribution in [0.3, 0.4) is 0 Å². The zero-order chi connectivity index (χ0) is 11.0. The molecule has 0 fully saturated rings. The molecular weight excluding hydrogens is 204 g/mol. The molecule has 0 saturated carbocycles. The van der Waals surface area contributed by atoms with Gasteiger partial charge in [0, 0.05) is 12.3 Å². The van der Waals surface area contributed by atoms with Crippen molar-refractivity contribution in [2.24, 2.45) is 0 Å². The lowest BCUT2D eigenvalue weighted by atomic mass is 10.3. The molecule has 1 aromatic carbocycles. The van der Waals surface area contributed by atoms with Crippen LogP contribution in [-0.4, -0.2) is 15.1 Å². The highest BCUT2D eigenvalue weighted by Gasteiger charge is 2.08. The standard InChI is InChI=1S/C12H8N2O2/c15-8-4-5-11-10(7-8)14-12(16-11)9-3-1-2-6-13-9/h1-7,15H. The zero-order valence-corrected chi connectivity index (χ0v) is 8.29. The van der Waals surface area contributed by atoms with E-state index in [1.807, 2.05) is 18.2 Å². The monoisotopic (exact) mass is 212 g/mol. The van der Waals surface area contributed by atoms with Gasteiger partial charge in [0.1, 0.15) is 17.0 Å². The second kappa shape index (κ2) is 3.34. The maximum Gasteiger partial charge on any atom is 0.246 e. The van der Waals surface area contributed by atoms with Crippen LogP contribution in [0.2, 0.25) is 0 Å². The normalized spacial score (nSPS) is 10.8. The molecule has 0 radical (unpaired) electrons. The molecule has 0 atom stereocenters. The van der Waals surface area contributed by atoms with Gasteiger partial charge < -0.3 is 9.52 Å². The first-order valence-corrected chi connectivity index (χ1v) is 4.84. The first-order chi connectivity index (χ1) is 7.83. The third-order valence-electron chi connectivity index (χ3n) is 2.26. The van der Waals surface area contributed by atoms with E-state index in [2.05, 4.69) is 9.97 Å². The molecule has 4 heteroatoms. The summed E-state index contributed by atoms with van der Waals surface area (Å²) in [5.74, 6) is 0.634. The molecule has 1 N–H and O–H groups in total. The van der Waals surface area contributed by atoms with Crippen LogP contribution in [-0.2, 0) is 0 Å². The number of aromatic nitrogens is 2. The van der Waals surface area contributed by atoms with Gasteiger partial charge in [-0.1, -0.05) is 6.07 Å². The molecule has 0 bridgehead atoms. The fourth-order valence-corrected chi connectivity index (χ4v) is 1.51. The molecule has 2 heterocycles. The Kier molecular flexibility index (Phi) is 1.86. The van der Waals surface area contributed by atoms with Gasteiger partial charge in [-0.25, -0.2) is 4.98 Å². The van der Waals surface area contributed by atoms with Crippen LogP contribution < -0.4 is 0 Å². The quantitative estimate of drug-likeness (QED) is 0.673. The van der Waals surface area contributed by atoms with E-state index >= 15 is 0 Å². The largest absolute Gasteiger partial charge is 0.508 e. The highest BCUT2D eigenvalue weighted by atomic mass is 16.3. The fraction of sp³-hybridized carbons (Fsp3) is 0. The zero-order valence-electron chi connectivity index (χ0n) is 8.29. The number of nitrogens with zero attached hydrogens (tertiary/aromatic N) is 2. The van der Waals surface area contributed by atoms with Crippen LogP contribution >= 0.6 is 0 Å². The van der Waals surface area contributed by atoms with Gasteiger partial charge in [-0.05, 0) is 24.3 Å². The molecule has 0 aliphatic rings. The SMILES string of the molecule is Oc1ccc2oc(-c3ccccn3)nc2c1. The van der Waals surface area contributed by atoms with Crippen molar-refractivity contribution < 1.29 is 9.52 Å². The van der Waals surface area contributed by atoms with Crippen LogP contribution in [0.25, 0.3) is 22.7 Å². The van der Waals surface area contributed by atoms with E-state index in [0.29, 0.717) is 22.7 Å². The Labute approximate surface area is 91.2 Å². The van der Waals surface area contributed by atoms with E-state index in [4.69, 9.17) is 4.42 Å². The van der Waals surface area contributed by atoms with Gasteiger partial charge in [0.15, 0.2) is 5.58 Å². The average molecular weight is 212 g/mol. The Hall–Kier alpha value is -2.36. The van der Waals surface area contributed by atoms with E-state index in [-0.39, 0.29) is 5.75 Å². The summed E-state index contributed by atoms with van der Waals surface area (Å²) in [6.45, 7) is 0. The van der Waals surface area contributed by atoms with E-state index in [9.17, 15) is 5.11 Å². The van der Waals surface area contributed by atoms with Crippen molar-refractivity contribution in [3.05, 3.63) is 42.6 Å². The summed E-state index contributed by atoms with van der Waals surface area (Å²) >= 11 is 0. The van der Waals surface area contributed by atoms with E-state index < -0.39 is 0 Å². The van der Waals surface area contributed by atoms with Gasteiger partial charge in [0.2, 0.25) is 5.89 Å². The lowest BCUT2D eigenvalue weighted by Gasteiger charge is -1.90. The molecule has 0 spiro atoms. The lowest BCUT2D eigenvalue weighted by molar-refractivity contribution is 0.476. The molecule has 78 valence electrons. The first kappa shape index (κ1) is 8.91. The van der Waals surface area contributed by atoms with Crippen LogP contribution in [0.15, 0.2) is 47.0 Å². The van der Waals surface area contributed by atoms with Crippen LogP contribution in [0.5, 0.6) is 5.75 Å². The van der Waals surface area contributed by atoms with Gasteiger partial charge >= 0.3 is 0 Å². The van der Waals surface area contributed by atoms with Crippen molar-refractivity contribution in [3.8, 4) is 17.3 Å². The summed E-state index contributed by atoms with van der Waals surface area (Å²) in [7, 11) is 0. The number of aromatic hydroxyl groups is 1. The molecule has 3 aromatic rings. The second-order valence-corrected chi connectivity index (χ2v) is 3.39. The Morgan fingerprint density at radius 1 is 1.12 bits per heavy atom. The molecule has 4 nitrogen and oxygen atoms in total. The molecular formula is C12H8N2O2. The van der Waals surface area contributed by atoms with Crippen molar-refractivity contribution in [1.29, 1.82) is 0 Å². The molecule has 0 aliphatic carbocycles. The fourth-order valence-electron chi connectivity index (χ4n) is 1.51. The average Bonchev–Trinajstić information content (AvgIpc) is 2.73. The Bertz CT molecular complexity index is 632. The predicted molar refractivity (Wildman–Crippen MR) is 58.9 cm³/mol. The number of oxazole rings is 1. The molecule has 0 unspecified atom stereocenters. The molecule has 3 rings (SSSR count). The summed E-state index contributed by atoms with van der Waals surface area (Å²) in [5.41, 5.74) is 1.94. The van der Waals surface area contributed by atoms with Crippen molar-refractivity contribution in [2.75, 3.05) is 0 Å². The van der Waals surface area contributed by atoms with Gasteiger partial charge in [-0.3, -0.25) is 4.98 Å². The molecule has 0 aliphatic heterocycles. The Morgan fingerprint density at radius 3 is 2.88 bits per heavy atom. The molecule has 16 heavy (non-hydrogen) atoms. The smallest absolute Gasteiger partial charge is 0.246 e. The minimum Gasteiger partial charge on any atom is -0.508 e. The number of fused-ring (bicyclic) bond motifs is 1. The topological polar surface area (TPSA) is 59.2 Å². The molecule has 0 amide bonds. The number of hydrogen-bond acceptors (Lipinski definition) is 4. The van der Waals surface area contributed by atoms with Crippen LogP contribution in [0.4, 0.5) is 0 Å². The maximum absolute atomic E-state index is 9.31. The minimum absolute atomic E-state index is 0.174. The van der Waals surface area contributed by atoms with Crippen molar-refractivity contribution in [2.45, 2.75) is 0 Å². The molecule has 0 saturated heterocycles. The van der Waals surface area contributed by atoms with Gasteiger partial charge in [0.25, 0.3) is 0 Å². The van der Waals surface area contributed by atoms with Crippen molar-refractivity contribution in [3.63, 3.8) is 0 Å². The number of phenols is 1. The summed E-state index contributed by atoms with van der Waals surface area (Å²) in [6, 6.07) is 10.3. The van der Waals surface area contributed by atoms with Gasteiger partial charge in [-0.2, -0.15) is 0 Å². The van der Waals surface area contributed by atoms with Gasteiger partial charge in [-0.15, -0.1) is 0 Å². The van der Waals surface area contributed by atoms with E-state index in [1.165, 1.54) is 0 Å². The van der Waals surface area contributed by atoms with E-state index in [1.54, 1.807) is 24.4 Å². The van der Waals surface area contributed by atoms with Gasteiger partial charge in [0.05, 0.1) is 0 Å². The van der Waals surface area contributed by atoms with Crippen LogP contribution in [0.1, 0.15) is 0 Å². The number of benzene rings is 1. The summed E-state index contributed by atoms with van der Waals surface area (Å²) in [5, 5.41) is 9.31. The number of phenolic OH excluding ortho intramolecular Hbond substituents is 1. The Morgan fingerprint density at radius 2 is 2.06 bits per heavy atom. The number of rotatable bonds is 1. The Balaban J connectivity index is 2.19. The van der Waals surface area contributed by atoms with Crippen LogP contribution in [0, 0.1) is 0 Å². The van der Waals surface area contributed by atoms with Crippen molar-refractivity contribution >= 4 is 11.1 Å².